The molecule has 3 aliphatic heterocycles. The second-order valence-corrected chi connectivity index (χ2v) is 15.5. The van der Waals surface area contributed by atoms with Crippen molar-refractivity contribution < 1.29 is 26.3 Å². The van der Waals surface area contributed by atoms with E-state index in [1.807, 2.05) is 19.1 Å². The van der Waals surface area contributed by atoms with Crippen molar-refractivity contribution in [2.75, 3.05) is 35.7 Å². The number of nitrogens with one attached hydrogen (secondary N) is 2. The first-order valence-corrected chi connectivity index (χ1v) is 16.5. The molecule has 13 heteroatoms. The fraction of sp³-hybridized carbons (Fsp3) is 0.517. The first-order chi connectivity index (χ1) is 19.7. The third-order valence-corrected chi connectivity index (χ3v) is 11.8. The predicted molar refractivity (Wildman–Crippen MR) is 157 cm³/mol. The van der Waals surface area contributed by atoms with E-state index in [9.17, 15) is 21.6 Å². The third-order valence-electron chi connectivity index (χ3n) is 8.79. The molecule has 6 rings (SSSR count). The van der Waals surface area contributed by atoms with E-state index in [4.69, 9.17) is 4.74 Å². The van der Waals surface area contributed by atoms with Crippen LogP contribution in [0.5, 0.6) is 0 Å². The van der Waals surface area contributed by atoms with Crippen LogP contribution in [0.3, 0.4) is 0 Å². The van der Waals surface area contributed by atoms with Crippen LogP contribution in [0.15, 0.2) is 35.4 Å². The lowest BCUT2D eigenvalue weighted by molar-refractivity contribution is -0.137. The number of fused-ring (bicyclic) bond motifs is 3. The molecule has 0 aliphatic carbocycles. The van der Waals surface area contributed by atoms with Crippen molar-refractivity contribution in [1.82, 2.24) is 15.3 Å². The molecule has 8 nitrogen and oxygen atoms in total. The molecule has 2 bridgehead atoms. The summed E-state index contributed by atoms with van der Waals surface area (Å²) in [6.45, 7) is 10.7. The number of hydrogen-bond donors (Lipinski definition) is 2. The van der Waals surface area contributed by atoms with Crippen LogP contribution in [0.2, 0.25) is 0 Å². The Morgan fingerprint density at radius 3 is 2.71 bits per heavy atom. The number of aromatic nitrogens is 2. The number of benzene rings is 1. The average Bonchev–Trinajstić information content (AvgIpc) is 3.63. The number of thiophene rings is 1. The Bertz CT molecular complexity index is 1630. The van der Waals surface area contributed by atoms with Crippen molar-refractivity contribution in [2.24, 2.45) is 5.41 Å². The fourth-order valence-electron chi connectivity index (χ4n) is 6.20. The summed E-state index contributed by atoms with van der Waals surface area (Å²) in [7, 11) is -3.67. The zero-order valence-corrected chi connectivity index (χ0v) is 25.6. The maximum atomic E-state index is 14.0. The lowest BCUT2D eigenvalue weighted by atomic mass is 9.74. The van der Waals surface area contributed by atoms with Crippen LogP contribution in [0.4, 0.5) is 30.5 Å². The Kier molecular flexibility index (Phi) is 7.11. The smallest absolute Gasteiger partial charge is 0.375 e. The summed E-state index contributed by atoms with van der Waals surface area (Å²) in [5, 5.41) is 6.87. The topological polar surface area (TPSA) is 96.5 Å². The summed E-state index contributed by atoms with van der Waals surface area (Å²) < 4.78 is 72.8. The second kappa shape index (κ2) is 10.2. The predicted octanol–water partition coefficient (Wildman–Crippen LogP) is 5.80. The Morgan fingerprint density at radius 2 is 2.02 bits per heavy atom. The third kappa shape index (κ3) is 5.07. The van der Waals surface area contributed by atoms with Gasteiger partial charge in [-0.05, 0) is 48.1 Å². The van der Waals surface area contributed by atoms with Crippen molar-refractivity contribution in [3.8, 4) is 10.6 Å². The maximum absolute atomic E-state index is 14.0. The van der Waals surface area contributed by atoms with Crippen LogP contribution in [0, 0.1) is 5.41 Å². The van der Waals surface area contributed by atoms with Crippen molar-refractivity contribution in [3.63, 3.8) is 0 Å². The number of anilines is 3. The molecule has 2 fully saturated rings. The van der Waals surface area contributed by atoms with E-state index < -0.39 is 21.6 Å². The Morgan fingerprint density at radius 1 is 1.24 bits per heavy atom. The summed E-state index contributed by atoms with van der Waals surface area (Å²) in [5.74, 6) is -0.222. The van der Waals surface area contributed by atoms with Gasteiger partial charge in [0.2, 0.25) is 5.95 Å². The van der Waals surface area contributed by atoms with Gasteiger partial charge in [0.25, 0.3) is 0 Å². The fourth-order valence-corrected chi connectivity index (χ4v) is 9.04. The molecular formula is C29H34F3N5O3S2. The molecule has 0 amide bonds. The molecule has 2 N–H and O–H groups in total. The summed E-state index contributed by atoms with van der Waals surface area (Å²) in [5.41, 5.74) is 1.59. The van der Waals surface area contributed by atoms with Gasteiger partial charge in [0.05, 0.1) is 34.4 Å². The molecular weight excluding hydrogens is 587 g/mol. The molecule has 1 aromatic carbocycles. The highest BCUT2D eigenvalue weighted by atomic mass is 32.2. The first-order valence-electron chi connectivity index (χ1n) is 14.0. The standard InChI is InChI=1S/C29H34F3N5O3S2/c1-5-17-10-18(37-16-28(27(2,3)4)12-19(37)13-34-28)6-7-21(17)35-26-33-14-20(29(30,31)32)25(36-26)22-11-24-23(41-22)15-40-8-9-42(24,38)39/h6-7,10-11,14,19,34H,5,8-9,12-13,15-16H2,1-4H3,(H,33,35,36)/t19-,28+/m1/s1. The zero-order valence-electron chi connectivity index (χ0n) is 23.9. The Balaban J connectivity index is 1.32. The molecule has 226 valence electrons. The highest BCUT2D eigenvalue weighted by molar-refractivity contribution is 7.91. The SMILES string of the molecule is CCc1cc(N2C[C@]3(C(C)(C)C)C[C@@H]2CN3)ccc1Nc1ncc(C(F)(F)F)c(-c2cc3c(s2)COCCS3(=O)=O)n1. The van der Waals surface area contributed by atoms with Gasteiger partial charge in [-0.3, -0.25) is 0 Å². The molecule has 5 heterocycles. The van der Waals surface area contributed by atoms with E-state index in [2.05, 4.69) is 52.3 Å². The van der Waals surface area contributed by atoms with Crippen LogP contribution in [0.1, 0.15) is 50.1 Å². The van der Waals surface area contributed by atoms with Crippen LogP contribution >= 0.6 is 11.3 Å². The van der Waals surface area contributed by atoms with Gasteiger partial charge in [0.15, 0.2) is 9.84 Å². The van der Waals surface area contributed by atoms with E-state index in [0.29, 0.717) is 23.0 Å². The molecule has 2 aromatic heterocycles. The lowest BCUT2D eigenvalue weighted by Crippen LogP contribution is -2.58. The Labute approximate surface area is 247 Å². The van der Waals surface area contributed by atoms with Gasteiger partial charge in [0.1, 0.15) is 5.56 Å². The summed E-state index contributed by atoms with van der Waals surface area (Å²) >= 11 is 0.947. The summed E-state index contributed by atoms with van der Waals surface area (Å²) in [4.78, 5) is 11.2. The number of alkyl halides is 3. The normalized spacial score (nSPS) is 23.6. The Hall–Kier alpha value is -2.74. The number of nitrogens with zero attached hydrogens (tertiary/aromatic N) is 3. The van der Waals surface area contributed by atoms with E-state index in [1.54, 1.807) is 0 Å². The summed E-state index contributed by atoms with van der Waals surface area (Å²) in [6.07, 6.45) is -2.20. The van der Waals surface area contributed by atoms with Crippen molar-refractivity contribution >= 4 is 38.5 Å². The molecule has 0 radical (unpaired) electrons. The quantitative estimate of drug-likeness (QED) is 0.369. The van der Waals surface area contributed by atoms with E-state index >= 15 is 0 Å². The van der Waals surface area contributed by atoms with Gasteiger partial charge in [-0.2, -0.15) is 13.2 Å². The number of piperazine rings is 1. The van der Waals surface area contributed by atoms with Gasteiger partial charge in [-0.15, -0.1) is 11.3 Å². The molecule has 3 aliphatic rings. The number of ether oxygens (including phenoxy) is 1. The minimum atomic E-state index is -4.73. The van der Waals surface area contributed by atoms with Gasteiger partial charge in [-0.1, -0.05) is 27.7 Å². The number of hydrogen-bond acceptors (Lipinski definition) is 9. The van der Waals surface area contributed by atoms with Crippen LogP contribution in [0.25, 0.3) is 10.6 Å². The van der Waals surface area contributed by atoms with Gasteiger partial charge >= 0.3 is 6.18 Å². The highest BCUT2D eigenvalue weighted by Crippen LogP contribution is 2.47. The second-order valence-electron chi connectivity index (χ2n) is 12.2. The minimum absolute atomic E-state index is 0.000679. The lowest BCUT2D eigenvalue weighted by Gasteiger charge is -2.43. The van der Waals surface area contributed by atoms with E-state index in [1.165, 1.54) is 6.07 Å². The van der Waals surface area contributed by atoms with Crippen LogP contribution < -0.4 is 15.5 Å². The number of sulfone groups is 1. The van der Waals surface area contributed by atoms with Gasteiger partial charge < -0.3 is 20.3 Å². The maximum Gasteiger partial charge on any atom is 0.420 e. The number of rotatable bonds is 5. The van der Waals surface area contributed by atoms with Crippen LogP contribution in [-0.2, 0) is 33.8 Å². The van der Waals surface area contributed by atoms with Gasteiger partial charge in [-0.25, -0.2) is 18.4 Å². The molecule has 0 unspecified atom stereocenters. The van der Waals surface area contributed by atoms with Gasteiger partial charge in [0, 0.05) is 47.1 Å². The van der Waals surface area contributed by atoms with E-state index in [0.717, 1.165) is 48.3 Å². The molecule has 0 saturated carbocycles. The number of aryl methyl sites for hydroxylation is 1. The molecule has 42 heavy (non-hydrogen) atoms. The van der Waals surface area contributed by atoms with Crippen molar-refractivity contribution in [1.29, 1.82) is 0 Å². The first kappa shape index (κ1) is 29.3. The molecule has 2 saturated heterocycles. The molecule has 0 spiro atoms. The van der Waals surface area contributed by atoms with Crippen molar-refractivity contribution in [3.05, 3.63) is 46.5 Å². The zero-order chi connectivity index (χ0) is 30.1. The molecule has 3 aromatic rings. The minimum Gasteiger partial charge on any atom is -0.375 e. The largest absolute Gasteiger partial charge is 0.420 e. The average molecular weight is 622 g/mol. The highest BCUT2D eigenvalue weighted by Gasteiger charge is 2.55. The molecule has 2 atom stereocenters. The van der Waals surface area contributed by atoms with E-state index in [-0.39, 0.29) is 51.3 Å². The summed E-state index contributed by atoms with van der Waals surface area (Å²) in [6, 6.07) is 7.77. The van der Waals surface area contributed by atoms with Crippen LogP contribution in [-0.4, -0.2) is 55.4 Å². The van der Waals surface area contributed by atoms with Crippen molar-refractivity contribution in [2.45, 2.75) is 69.8 Å². The monoisotopic (exact) mass is 621 g/mol. The number of halogens is 3.